The lowest BCUT2D eigenvalue weighted by atomic mass is 9.95. The molecule has 0 aliphatic carbocycles. The quantitative estimate of drug-likeness (QED) is 0.0871. The summed E-state index contributed by atoms with van der Waals surface area (Å²) < 4.78 is 49.0. The molecular formula is C29H50O25. The number of hydrogen-bond donors (Lipinski definition) is 16. The van der Waals surface area contributed by atoms with Gasteiger partial charge in [-0.25, -0.2) is 0 Å². The summed E-state index contributed by atoms with van der Waals surface area (Å²) in [5.74, 6) is 0. The first-order chi connectivity index (χ1) is 25.6. The van der Waals surface area contributed by atoms with Gasteiger partial charge in [-0.05, 0) is 0 Å². The highest BCUT2D eigenvalue weighted by Crippen LogP contribution is 2.35. The van der Waals surface area contributed by atoms with Crippen LogP contribution in [0.5, 0.6) is 0 Å². The molecule has 0 aromatic heterocycles. The van der Waals surface area contributed by atoms with Gasteiger partial charge in [-0.15, -0.1) is 0 Å². The van der Waals surface area contributed by atoms with E-state index < -0.39 is 180 Å². The first-order valence-electron chi connectivity index (χ1n) is 17.0. The maximum absolute atomic E-state index is 11.1. The molecule has 0 aromatic carbocycles. The Labute approximate surface area is 305 Å². The molecule has 5 aliphatic rings. The van der Waals surface area contributed by atoms with E-state index >= 15 is 0 Å². The summed E-state index contributed by atoms with van der Waals surface area (Å²) in [4.78, 5) is 0. The molecule has 0 amide bonds. The van der Waals surface area contributed by atoms with Gasteiger partial charge in [0.05, 0.1) is 33.0 Å². The van der Waals surface area contributed by atoms with Gasteiger partial charge >= 0.3 is 0 Å². The van der Waals surface area contributed by atoms with Crippen molar-refractivity contribution in [2.24, 2.45) is 0 Å². The van der Waals surface area contributed by atoms with Gasteiger partial charge in [0.2, 0.25) is 0 Å². The minimum Gasteiger partial charge on any atom is -0.394 e. The first kappa shape index (κ1) is 44.1. The maximum Gasteiger partial charge on any atom is 0.187 e. The Kier molecular flexibility index (Phi) is 15.3. The standard InChI is InChI=1S/C29H50O25/c30-1-7-12(36)24(54-26-17(41)11(35)6(34)5-46-26)20(44)29(48-7)53-23-10(4-33)50-28(19(43)15(23)39)52-22-9(3-32)49-27(18(42)14(22)38)51-21-8(2-31)47-25(45)16(40)13(21)37/h6-45H,1-5H2/t6-,7+,8+,9+,10+,11-,12-,13+,14+,15+,16+,17+,18+,19+,20+,21-,22-,23-,24-,25+,26-,27-,28-,29-/m0/s1. The lowest BCUT2D eigenvalue weighted by Gasteiger charge is -2.49. The molecule has 0 unspecified atom stereocenters. The van der Waals surface area contributed by atoms with E-state index in [4.69, 9.17) is 42.6 Å². The number of ether oxygens (including phenoxy) is 9. The lowest BCUT2D eigenvalue weighted by molar-refractivity contribution is -0.392. The van der Waals surface area contributed by atoms with Crippen molar-refractivity contribution in [3.63, 3.8) is 0 Å². The highest BCUT2D eigenvalue weighted by molar-refractivity contribution is 4.98. The van der Waals surface area contributed by atoms with Crippen LogP contribution in [0, 0.1) is 0 Å². The molecule has 0 saturated carbocycles. The summed E-state index contributed by atoms with van der Waals surface area (Å²) in [7, 11) is 0. The molecule has 5 fully saturated rings. The number of aliphatic hydroxyl groups is 16. The summed E-state index contributed by atoms with van der Waals surface area (Å²) in [5.41, 5.74) is 0. The first-order valence-corrected chi connectivity index (χ1v) is 17.0. The second-order valence-corrected chi connectivity index (χ2v) is 13.5. The van der Waals surface area contributed by atoms with Crippen LogP contribution in [0.1, 0.15) is 0 Å². The predicted octanol–water partition coefficient (Wildman–Crippen LogP) is -11.3. The molecular weight excluding hydrogens is 748 g/mol. The highest BCUT2D eigenvalue weighted by Gasteiger charge is 2.56. The summed E-state index contributed by atoms with van der Waals surface area (Å²) >= 11 is 0. The van der Waals surface area contributed by atoms with Gasteiger partial charge in [-0.3, -0.25) is 0 Å². The van der Waals surface area contributed by atoms with Crippen LogP contribution >= 0.6 is 0 Å². The van der Waals surface area contributed by atoms with Crippen LogP contribution in [0.25, 0.3) is 0 Å². The molecule has 316 valence electrons. The summed E-state index contributed by atoms with van der Waals surface area (Å²) in [5, 5.41) is 165. The van der Waals surface area contributed by atoms with Crippen molar-refractivity contribution >= 4 is 0 Å². The van der Waals surface area contributed by atoms with E-state index in [0.717, 1.165) is 0 Å². The van der Waals surface area contributed by atoms with Gasteiger partial charge < -0.3 is 124 Å². The molecule has 0 spiro atoms. The van der Waals surface area contributed by atoms with Gasteiger partial charge in [0.15, 0.2) is 31.5 Å². The monoisotopic (exact) mass is 798 g/mol. The van der Waals surface area contributed by atoms with E-state index in [0.29, 0.717) is 0 Å². The molecule has 25 nitrogen and oxygen atoms in total. The Morgan fingerprint density at radius 3 is 1.19 bits per heavy atom. The Morgan fingerprint density at radius 1 is 0.352 bits per heavy atom. The van der Waals surface area contributed by atoms with Gasteiger partial charge in [0.1, 0.15) is 116 Å². The summed E-state index contributed by atoms with van der Waals surface area (Å²) in [6, 6.07) is 0. The fraction of sp³-hybridized carbons (Fsp3) is 1.00. The highest BCUT2D eigenvalue weighted by atomic mass is 16.8. The SMILES string of the molecule is OC[C@H]1O[C@@H](O[C@@H]2[C@H](O)[C@@H](O)[C@H](O[C@@H]3[C@H](O)[C@@H](O)[C@H](O[C@@H]4[C@H](O)[C@@H](O)[C@H](O)O[C@@H]4CO)O[C@@H]3CO)O[C@@H]2CO)[C@H](O)[C@@H](O[C@@H]2OC[C@H](O)[C@H](O)[C@H]2O)[C@H]1O. The van der Waals surface area contributed by atoms with E-state index in [9.17, 15) is 81.7 Å². The van der Waals surface area contributed by atoms with Crippen LogP contribution in [0.4, 0.5) is 0 Å². The predicted molar refractivity (Wildman–Crippen MR) is 161 cm³/mol. The Morgan fingerprint density at radius 2 is 0.722 bits per heavy atom. The van der Waals surface area contributed by atoms with Gasteiger partial charge in [0.25, 0.3) is 0 Å². The van der Waals surface area contributed by atoms with Gasteiger partial charge in [0, 0.05) is 0 Å². The average molecular weight is 799 g/mol. The minimum absolute atomic E-state index is 0.495. The zero-order valence-electron chi connectivity index (χ0n) is 28.2. The molecule has 5 aliphatic heterocycles. The van der Waals surface area contributed by atoms with E-state index in [2.05, 4.69) is 0 Å². The van der Waals surface area contributed by atoms with E-state index in [1.165, 1.54) is 0 Å². The fourth-order valence-corrected chi connectivity index (χ4v) is 6.75. The Bertz CT molecular complexity index is 1150. The molecule has 5 saturated heterocycles. The third-order valence-corrected chi connectivity index (χ3v) is 9.92. The Balaban J connectivity index is 1.25. The third-order valence-electron chi connectivity index (χ3n) is 9.92. The van der Waals surface area contributed by atoms with E-state index in [-0.39, 0.29) is 0 Å². The molecule has 25 heteroatoms. The molecule has 54 heavy (non-hydrogen) atoms. The zero-order chi connectivity index (χ0) is 39.8. The van der Waals surface area contributed by atoms with Crippen molar-refractivity contribution in [2.75, 3.05) is 33.0 Å². The fourth-order valence-electron chi connectivity index (χ4n) is 6.75. The third kappa shape index (κ3) is 8.85. The van der Waals surface area contributed by atoms with Crippen LogP contribution in [-0.2, 0) is 42.6 Å². The minimum atomic E-state index is -2.10. The van der Waals surface area contributed by atoms with Gasteiger partial charge in [-0.2, -0.15) is 0 Å². The van der Waals surface area contributed by atoms with E-state index in [1.54, 1.807) is 0 Å². The van der Waals surface area contributed by atoms with Crippen molar-refractivity contribution < 1.29 is 124 Å². The molecule has 5 rings (SSSR count). The van der Waals surface area contributed by atoms with Crippen LogP contribution < -0.4 is 0 Å². The topological polar surface area (TPSA) is 407 Å². The molecule has 0 bridgehead atoms. The number of hydrogen-bond acceptors (Lipinski definition) is 25. The molecule has 24 atom stereocenters. The van der Waals surface area contributed by atoms with Crippen molar-refractivity contribution in [1.82, 2.24) is 0 Å². The maximum atomic E-state index is 11.1. The second-order valence-electron chi connectivity index (χ2n) is 13.5. The average Bonchev–Trinajstić information content (AvgIpc) is 3.16. The van der Waals surface area contributed by atoms with Gasteiger partial charge in [-0.1, -0.05) is 0 Å². The zero-order valence-corrected chi connectivity index (χ0v) is 28.2. The largest absolute Gasteiger partial charge is 0.394 e. The molecule has 0 aromatic rings. The smallest absolute Gasteiger partial charge is 0.187 e. The number of rotatable bonds is 12. The normalized spacial score (nSPS) is 53.3. The van der Waals surface area contributed by atoms with E-state index in [1.807, 2.05) is 0 Å². The van der Waals surface area contributed by atoms with Crippen molar-refractivity contribution in [3.05, 3.63) is 0 Å². The molecule has 5 heterocycles. The summed E-state index contributed by atoms with van der Waals surface area (Å²) in [6.45, 7) is -4.11. The van der Waals surface area contributed by atoms with Crippen LogP contribution in [0.2, 0.25) is 0 Å². The van der Waals surface area contributed by atoms with Crippen LogP contribution in [-0.4, -0.2) is 262 Å². The van der Waals surface area contributed by atoms with Crippen molar-refractivity contribution in [1.29, 1.82) is 0 Å². The van der Waals surface area contributed by atoms with Crippen LogP contribution in [0.15, 0.2) is 0 Å². The molecule has 0 radical (unpaired) electrons. The second kappa shape index (κ2) is 18.7. The summed E-state index contributed by atoms with van der Waals surface area (Å²) in [6.07, 6.45) is -43.3. The van der Waals surface area contributed by atoms with Crippen LogP contribution in [0.3, 0.4) is 0 Å². The van der Waals surface area contributed by atoms with Crippen molar-refractivity contribution in [2.45, 2.75) is 147 Å². The molecule has 16 N–H and O–H groups in total. The number of aliphatic hydroxyl groups excluding tert-OH is 16. The Hall–Kier alpha value is -1.00. The lowest BCUT2D eigenvalue weighted by Crippen LogP contribution is -2.68. The van der Waals surface area contributed by atoms with Crippen molar-refractivity contribution in [3.8, 4) is 0 Å².